The molecule has 0 bridgehead atoms. The van der Waals surface area contributed by atoms with E-state index in [4.69, 9.17) is 5.11 Å². The summed E-state index contributed by atoms with van der Waals surface area (Å²) in [5, 5.41) is 7.60. The second-order valence-corrected chi connectivity index (χ2v) is 2.44. The van der Waals surface area contributed by atoms with Gasteiger partial charge in [0.15, 0.2) is 0 Å². The Labute approximate surface area is 93.9 Å². The third-order valence-corrected chi connectivity index (χ3v) is 1.24. The summed E-state index contributed by atoms with van der Waals surface area (Å²) in [6.45, 7) is 4.73. The third-order valence-electron chi connectivity index (χ3n) is 1.24. The molecule has 0 aliphatic heterocycles. The lowest BCUT2D eigenvalue weighted by Crippen LogP contribution is -2.46. The lowest BCUT2D eigenvalue weighted by molar-refractivity contribution is -0.131. The highest BCUT2D eigenvalue weighted by Crippen LogP contribution is 1.57. The zero-order valence-corrected chi connectivity index (χ0v) is 8.93. The molecular weight excluding hydrogens is 234 g/mol. The first kappa shape index (κ1) is 14.4. The summed E-state index contributed by atoms with van der Waals surface area (Å²) in [5.74, 6) is -0.981. The number of hydrogen-bond donors (Lipinski definition) is 3. The molecule has 9 nitrogen and oxygen atoms in total. The third kappa shape index (κ3) is 5.16. The number of H-pyrrole nitrogens is 2. The molecule has 1 aromatic rings. The number of aliphatic carboxylic acids is 1. The van der Waals surface area contributed by atoms with Crippen LogP contribution in [0.5, 0.6) is 0 Å². The Balaban J connectivity index is 0.000000437. The first-order valence-electron chi connectivity index (χ1n) is 4.36. The fourth-order valence-corrected chi connectivity index (χ4v) is 0.666. The van der Waals surface area contributed by atoms with Gasteiger partial charge in [0.05, 0.1) is 0 Å². The van der Waals surface area contributed by atoms with Crippen LogP contribution >= 0.6 is 0 Å². The topological polar surface area (TPSA) is 134 Å². The van der Waals surface area contributed by atoms with E-state index in [1.807, 2.05) is 9.97 Å². The van der Waals surface area contributed by atoms with Gasteiger partial charge in [0.2, 0.25) is 0 Å². The van der Waals surface area contributed by atoms with Crippen molar-refractivity contribution < 1.29 is 14.7 Å². The van der Waals surface area contributed by atoms with Crippen molar-refractivity contribution in [1.29, 1.82) is 0 Å². The molecule has 9 heteroatoms. The van der Waals surface area contributed by atoms with Crippen LogP contribution in [-0.2, 0) is 4.79 Å². The van der Waals surface area contributed by atoms with Crippen molar-refractivity contribution >= 4 is 5.97 Å². The molecule has 0 aromatic carbocycles. The zero-order chi connectivity index (χ0) is 13.4. The number of rotatable bonds is 3. The first-order chi connectivity index (χ1) is 7.92. The zero-order valence-electron chi connectivity index (χ0n) is 8.93. The molecule has 0 spiro atoms. The van der Waals surface area contributed by atoms with Crippen LogP contribution in [0.3, 0.4) is 0 Å². The van der Waals surface area contributed by atoms with Crippen molar-refractivity contribution in [3.8, 4) is 0 Å². The summed E-state index contributed by atoms with van der Waals surface area (Å²) in [6, 6.07) is 0. The van der Waals surface area contributed by atoms with E-state index in [1.54, 1.807) is 6.92 Å². The molecule has 0 atom stereocenters. The molecule has 17 heavy (non-hydrogen) atoms. The van der Waals surface area contributed by atoms with E-state index in [9.17, 15) is 19.2 Å². The SMILES string of the molecule is C=CC(=O)O.CCOn1c(=O)[nH]c(=O)[nH]c1=O. The highest BCUT2D eigenvalue weighted by molar-refractivity contribution is 5.78. The maximum absolute atomic E-state index is 10.8. The normalized spacial score (nSPS) is 8.76. The Morgan fingerprint density at radius 1 is 1.41 bits per heavy atom. The maximum atomic E-state index is 10.8. The van der Waals surface area contributed by atoms with Crippen molar-refractivity contribution in [2.24, 2.45) is 0 Å². The second-order valence-electron chi connectivity index (χ2n) is 2.44. The molecule has 1 heterocycles. The number of carbonyl (C=O) groups is 1. The average Bonchev–Trinajstić information content (AvgIpc) is 2.24. The van der Waals surface area contributed by atoms with Crippen LogP contribution < -0.4 is 21.9 Å². The van der Waals surface area contributed by atoms with Crippen LogP contribution in [0.25, 0.3) is 0 Å². The van der Waals surface area contributed by atoms with E-state index >= 15 is 0 Å². The van der Waals surface area contributed by atoms with Crippen LogP contribution in [0.1, 0.15) is 6.92 Å². The van der Waals surface area contributed by atoms with Gasteiger partial charge in [-0.25, -0.2) is 19.2 Å². The van der Waals surface area contributed by atoms with Gasteiger partial charge < -0.3 is 9.94 Å². The first-order valence-corrected chi connectivity index (χ1v) is 4.36. The van der Waals surface area contributed by atoms with E-state index < -0.39 is 23.0 Å². The maximum Gasteiger partial charge on any atom is 0.367 e. The monoisotopic (exact) mass is 245 g/mol. The number of hydrogen-bond acceptors (Lipinski definition) is 5. The van der Waals surface area contributed by atoms with Gasteiger partial charge in [-0.2, -0.15) is 0 Å². The average molecular weight is 245 g/mol. The van der Waals surface area contributed by atoms with Gasteiger partial charge in [-0.05, 0) is 6.92 Å². The van der Waals surface area contributed by atoms with Crippen LogP contribution in [0, 0.1) is 0 Å². The molecule has 0 radical (unpaired) electrons. The fraction of sp³-hybridized carbons (Fsp3) is 0.250. The molecule has 0 saturated carbocycles. The van der Waals surface area contributed by atoms with Crippen molar-refractivity contribution in [2.75, 3.05) is 6.61 Å². The predicted molar refractivity (Wildman–Crippen MR) is 56.9 cm³/mol. The number of aromatic nitrogens is 3. The molecule has 1 aromatic heterocycles. The van der Waals surface area contributed by atoms with Gasteiger partial charge in [-0.1, -0.05) is 11.3 Å². The van der Waals surface area contributed by atoms with E-state index in [1.165, 1.54) is 0 Å². The highest BCUT2D eigenvalue weighted by Gasteiger charge is 2.00. The minimum Gasteiger partial charge on any atom is -0.478 e. The molecule has 1 rings (SSSR count). The standard InChI is InChI=1S/C5H7N3O4.C3H4O2/c1-2-12-8-4(10)6-3(9)7-5(8)11;1-2-3(4)5/h2H2,1H3,(H2,6,7,9,10,11);2H,1H2,(H,4,5). The summed E-state index contributed by atoms with van der Waals surface area (Å²) >= 11 is 0. The van der Waals surface area contributed by atoms with Gasteiger partial charge in [0.1, 0.15) is 6.61 Å². The molecule has 0 aliphatic carbocycles. The number of nitrogens with zero attached hydrogens (tertiary/aromatic N) is 1. The lowest BCUT2D eigenvalue weighted by Gasteiger charge is -2.00. The minimum absolute atomic E-state index is 0.162. The van der Waals surface area contributed by atoms with Gasteiger partial charge in [-0.15, -0.1) is 0 Å². The smallest absolute Gasteiger partial charge is 0.367 e. The van der Waals surface area contributed by atoms with Crippen LogP contribution in [0.4, 0.5) is 0 Å². The number of carboxylic acids is 1. The molecular formula is C8H11N3O6. The Morgan fingerprint density at radius 2 is 1.82 bits per heavy atom. The molecule has 0 aliphatic rings. The van der Waals surface area contributed by atoms with Crippen molar-refractivity contribution in [3.63, 3.8) is 0 Å². The van der Waals surface area contributed by atoms with Crippen LogP contribution in [0.2, 0.25) is 0 Å². The minimum atomic E-state index is -0.981. The van der Waals surface area contributed by atoms with Gasteiger partial charge in [0.25, 0.3) is 0 Å². The molecule has 0 unspecified atom stereocenters. The van der Waals surface area contributed by atoms with Crippen molar-refractivity contribution in [2.45, 2.75) is 6.92 Å². The Morgan fingerprint density at radius 3 is 2.12 bits per heavy atom. The number of aromatic amines is 2. The molecule has 94 valence electrons. The summed E-state index contributed by atoms with van der Waals surface area (Å²) in [4.78, 5) is 49.6. The van der Waals surface area contributed by atoms with E-state index in [0.29, 0.717) is 4.73 Å². The van der Waals surface area contributed by atoms with E-state index in [0.717, 1.165) is 6.08 Å². The summed E-state index contributed by atoms with van der Waals surface area (Å²) in [7, 11) is 0. The predicted octanol–water partition coefficient (Wildman–Crippen LogP) is -2.07. The van der Waals surface area contributed by atoms with Crippen LogP contribution in [-0.4, -0.2) is 32.4 Å². The molecule has 0 amide bonds. The summed E-state index contributed by atoms with van der Waals surface area (Å²) in [5.41, 5.74) is -2.61. The fourth-order valence-electron chi connectivity index (χ4n) is 0.666. The Kier molecular flexibility index (Phi) is 5.79. The Hall–Kier alpha value is -2.58. The summed E-state index contributed by atoms with van der Waals surface area (Å²) in [6.07, 6.45) is 0.833. The second kappa shape index (κ2) is 6.82. The lowest BCUT2D eigenvalue weighted by atomic mass is 10.7. The van der Waals surface area contributed by atoms with Crippen LogP contribution in [0.15, 0.2) is 27.0 Å². The highest BCUT2D eigenvalue weighted by atomic mass is 16.7. The van der Waals surface area contributed by atoms with Gasteiger partial charge >= 0.3 is 23.0 Å². The molecule has 0 fully saturated rings. The number of nitrogens with one attached hydrogen (secondary N) is 2. The number of carboxylic acid groups (broad SMARTS) is 1. The summed E-state index contributed by atoms with van der Waals surface area (Å²) < 4.78 is 0.446. The largest absolute Gasteiger partial charge is 0.478 e. The van der Waals surface area contributed by atoms with Gasteiger partial charge in [0, 0.05) is 6.08 Å². The molecule has 3 N–H and O–H groups in total. The van der Waals surface area contributed by atoms with Crippen molar-refractivity contribution in [1.82, 2.24) is 14.7 Å². The van der Waals surface area contributed by atoms with Crippen molar-refractivity contribution in [3.05, 3.63) is 44.1 Å². The van der Waals surface area contributed by atoms with Gasteiger partial charge in [-0.3, -0.25) is 9.97 Å². The quantitative estimate of drug-likeness (QED) is 0.523. The molecule has 0 saturated heterocycles. The Bertz CT molecular complexity index is 517. The van der Waals surface area contributed by atoms with E-state index in [-0.39, 0.29) is 6.61 Å². The van der Waals surface area contributed by atoms with E-state index in [2.05, 4.69) is 11.4 Å².